The molecule has 1 atom stereocenters. The number of H-pyrrole nitrogens is 1. The second-order valence-corrected chi connectivity index (χ2v) is 8.98. The van der Waals surface area contributed by atoms with Gasteiger partial charge in [0.05, 0.1) is 5.52 Å². The van der Waals surface area contributed by atoms with Gasteiger partial charge in [-0.3, -0.25) is 4.98 Å². The van der Waals surface area contributed by atoms with E-state index in [4.69, 9.17) is 0 Å². The highest BCUT2D eigenvalue weighted by molar-refractivity contribution is 5.82. The van der Waals surface area contributed by atoms with E-state index in [-0.39, 0.29) is 17.6 Å². The van der Waals surface area contributed by atoms with Gasteiger partial charge in [0, 0.05) is 23.1 Å². The minimum atomic E-state index is -0.240. The fourth-order valence-corrected chi connectivity index (χ4v) is 5.00. The number of nitrogens with one attached hydrogen (secondary N) is 1. The standard InChI is InChI=1S/C26H26F2N4/c1-15-3-4-19(13-23(15)28)26-30-25(31-32-26)16(2)17-5-7-18(8-6-17)21-11-12-29-24-10-9-20(27)14-22(21)24/h3-4,9-14,16-18H,5-8H2,1-2H3,(H,30,31,32)/t16-,17?,18?/m1/s1. The molecule has 4 aromatic rings. The summed E-state index contributed by atoms with van der Waals surface area (Å²) >= 11 is 0. The molecule has 2 aromatic heterocycles. The fraction of sp³-hybridized carbons (Fsp3) is 0.346. The van der Waals surface area contributed by atoms with E-state index >= 15 is 0 Å². The molecule has 0 saturated heterocycles. The second kappa shape index (κ2) is 8.41. The number of hydrogen-bond acceptors (Lipinski definition) is 3. The van der Waals surface area contributed by atoms with Crippen molar-refractivity contribution in [1.82, 2.24) is 20.2 Å². The van der Waals surface area contributed by atoms with Gasteiger partial charge in [-0.15, -0.1) is 10.2 Å². The molecule has 1 aliphatic carbocycles. The van der Waals surface area contributed by atoms with Gasteiger partial charge >= 0.3 is 0 Å². The number of pyridine rings is 1. The fourth-order valence-electron chi connectivity index (χ4n) is 5.00. The Morgan fingerprint density at radius 1 is 0.969 bits per heavy atom. The predicted octanol–water partition coefficient (Wildman–Crippen LogP) is 6.68. The first-order chi connectivity index (χ1) is 15.5. The van der Waals surface area contributed by atoms with Crippen molar-refractivity contribution in [2.45, 2.75) is 51.4 Å². The predicted molar refractivity (Wildman–Crippen MR) is 121 cm³/mol. The van der Waals surface area contributed by atoms with E-state index in [1.54, 1.807) is 25.1 Å². The summed E-state index contributed by atoms with van der Waals surface area (Å²) in [6, 6.07) is 12.0. The topological polar surface area (TPSA) is 54.5 Å². The third-order valence-corrected chi connectivity index (χ3v) is 7.04. The molecule has 2 aromatic carbocycles. The number of halogens is 2. The van der Waals surface area contributed by atoms with Gasteiger partial charge in [0.15, 0.2) is 5.82 Å². The van der Waals surface area contributed by atoms with Gasteiger partial charge in [0.2, 0.25) is 0 Å². The summed E-state index contributed by atoms with van der Waals surface area (Å²) in [4.78, 5) is 7.70. The zero-order valence-corrected chi connectivity index (χ0v) is 18.3. The first kappa shape index (κ1) is 20.7. The van der Waals surface area contributed by atoms with E-state index in [1.165, 1.54) is 17.7 Å². The molecular formula is C26H26F2N4. The summed E-state index contributed by atoms with van der Waals surface area (Å²) in [5.41, 5.74) is 3.37. The van der Waals surface area contributed by atoms with Crippen molar-refractivity contribution in [1.29, 1.82) is 0 Å². The van der Waals surface area contributed by atoms with Crippen LogP contribution in [0.15, 0.2) is 48.7 Å². The quantitative estimate of drug-likeness (QED) is 0.391. The highest BCUT2D eigenvalue weighted by Gasteiger charge is 2.29. The molecule has 0 spiro atoms. The van der Waals surface area contributed by atoms with Crippen LogP contribution in [-0.4, -0.2) is 20.2 Å². The first-order valence-corrected chi connectivity index (χ1v) is 11.2. The average Bonchev–Trinajstić information content (AvgIpc) is 3.30. The van der Waals surface area contributed by atoms with Crippen LogP contribution in [0.2, 0.25) is 0 Å². The summed E-state index contributed by atoms with van der Waals surface area (Å²) in [6.45, 7) is 3.93. The molecular weight excluding hydrogens is 406 g/mol. The third kappa shape index (κ3) is 3.90. The minimum Gasteiger partial charge on any atom is -0.325 e. The molecule has 6 heteroatoms. The van der Waals surface area contributed by atoms with E-state index in [9.17, 15) is 8.78 Å². The Kier molecular flexibility index (Phi) is 5.45. The number of aryl methyl sites for hydroxylation is 1. The minimum absolute atomic E-state index is 0.219. The molecule has 1 fully saturated rings. The highest BCUT2D eigenvalue weighted by Crippen LogP contribution is 2.42. The molecule has 0 amide bonds. The van der Waals surface area contributed by atoms with E-state index < -0.39 is 0 Å². The van der Waals surface area contributed by atoms with Crippen molar-refractivity contribution >= 4 is 10.9 Å². The van der Waals surface area contributed by atoms with Crippen LogP contribution in [0.1, 0.15) is 61.4 Å². The highest BCUT2D eigenvalue weighted by atomic mass is 19.1. The molecule has 164 valence electrons. The van der Waals surface area contributed by atoms with E-state index in [0.29, 0.717) is 28.8 Å². The normalized spacial score (nSPS) is 19.9. The molecule has 2 heterocycles. The van der Waals surface area contributed by atoms with Crippen LogP contribution >= 0.6 is 0 Å². The maximum atomic E-state index is 13.9. The molecule has 5 rings (SSSR count). The van der Waals surface area contributed by atoms with E-state index in [2.05, 4.69) is 27.1 Å². The molecule has 0 aliphatic heterocycles. The summed E-state index contributed by atoms with van der Waals surface area (Å²) < 4.78 is 27.8. The Morgan fingerprint density at radius 3 is 2.56 bits per heavy atom. The lowest BCUT2D eigenvalue weighted by molar-refractivity contribution is 0.286. The number of rotatable bonds is 4. The Morgan fingerprint density at radius 2 is 1.78 bits per heavy atom. The van der Waals surface area contributed by atoms with Gasteiger partial charge in [0.1, 0.15) is 17.5 Å². The van der Waals surface area contributed by atoms with Crippen LogP contribution < -0.4 is 0 Å². The molecule has 0 radical (unpaired) electrons. The molecule has 32 heavy (non-hydrogen) atoms. The van der Waals surface area contributed by atoms with Crippen molar-refractivity contribution in [3.05, 3.63) is 77.2 Å². The average molecular weight is 433 g/mol. The van der Waals surface area contributed by atoms with Crippen molar-refractivity contribution in [3.8, 4) is 11.4 Å². The number of fused-ring (bicyclic) bond motifs is 1. The van der Waals surface area contributed by atoms with E-state index in [0.717, 1.165) is 42.4 Å². The van der Waals surface area contributed by atoms with E-state index in [1.807, 2.05) is 18.3 Å². The second-order valence-electron chi connectivity index (χ2n) is 8.98. The first-order valence-electron chi connectivity index (χ1n) is 11.2. The number of hydrogen-bond donors (Lipinski definition) is 1. The van der Waals surface area contributed by atoms with Crippen LogP contribution in [0.5, 0.6) is 0 Å². The summed E-state index contributed by atoms with van der Waals surface area (Å²) in [6.07, 6.45) is 6.07. The van der Waals surface area contributed by atoms with Crippen LogP contribution in [0.3, 0.4) is 0 Å². The lowest BCUT2D eigenvalue weighted by Gasteiger charge is -2.32. The maximum Gasteiger partial charge on any atom is 0.161 e. The summed E-state index contributed by atoms with van der Waals surface area (Å²) in [5, 5.41) is 9.56. The van der Waals surface area contributed by atoms with Gasteiger partial charge in [-0.25, -0.2) is 8.78 Å². The van der Waals surface area contributed by atoms with Crippen molar-refractivity contribution in [2.75, 3.05) is 0 Å². The van der Waals surface area contributed by atoms with Crippen molar-refractivity contribution in [2.24, 2.45) is 5.92 Å². The van der Waals surface area contributed by atoms with Crippen LogP contribution in [0, 0.1) is 24.5 Å². The Labute approximate surface area is 186 Å². The summed E-state index contributed by atoms with van der Waals surface area (Å²) in [5.74, 6) is 2.13. The molecule has 0 bridgehead atoms. The van der Waals surface area contributed by atoms with Gasteiger partial charge in [-0.2, -0.15) is 0 Å². The summed E-state index contributed by atoms with van der Waals surface area (Å²) in [7, 11) is 0. The van der Waals surface area contributed by atoms with Gasteiger partial charge in [0.25, 0.3) is 0 Å². The SMILES string of the molecule is Cc1ccc(-c2nnc([C@H](C)C3CCC(c4ccnc5ccc(F)cc45)CC3)[nH]2)cc1F. The Hall–Kier alpha value is -3.15. The number of aromatic nitrogens is 4. The Bertz CT molecular complexity index is 1260. The maximum absolute atomic E-state index is 13.9. The largest absolute Gasteiger partial charge is 0.325 e. The van der Waals surface area contributed by atoms with Crippen molar-refractivity contribution < 1.29 is 8.78 Å². The van der Waals surface area contributed by atoms with Gasteiger partial charge in [-0.1, -0.05) is 19.1 Å². The zero-order chi connectivity index (χ0) is 22.2. The third-order valence-electron chi connectivity index (χ3n) is 7.04. The molecule has 1 saturated carbocycles. The smallest absolute Gasteiger partial charge is 0.161 e. The van der Waals surface area contributed by atoms with Crippen LogP contribution in [0.4, 0.5) is 8.78 Å². The van der Waals surface area contributed by atoms with Gasteiger partial charge in [-0.05, 0) is 85.9 Å². The zero-order valence-electron chi connectivity index (χ0n) is 18.3. The van der Waals surface area contributed by atoms with Crippen LogP contribution in [0.25, 0.3) is 22.3 Å². The number of aromatic amines is 1. The molecule has 0 unspecified atom stereocenters. The monoisotopic (exact) mass is 432 g/mol. The molecule has 1 aliphatic rings. The van der Waals surface area contributed by atoms with Crippen LogP contribution in [-0.2, 0) is 0 Å². The molecule has 4 nitrogen and oxygen atoms in total. The lowest BCUT2D eigenvalue weighted by Crippen LogP contribution is -2.19. The number of nitrogens with zero attached hydrogens (tertiary/aromatic N) is 3. The van der Waals surface area contributed by atoms with Crippen molar-refractivity contribution in [3.63, 3.8) is 0 Å². The molecule has 1 N–H and O–H groups in total. The number of benzene rings is 2. The van der Waals surface area contributed by atoms with Gasteiger partial charge < -0.3 is 4.98 Å². The Balaban J connectivity index is 1.29. The lowest BCUT2D eigenvalue weighted by atomic mass is 9.73.